The topological polar surface area (TPSA) is 125 Å². The van der Waals surface area contributed by atoms with Crippen molar-refractivity contribution in [1.29, 1.82) is 0 Å². The normalized spacial score (nSPS) is 10.4. The van der Waals surface area contributed by atoms with Gasteiger partial charge >= 0.3 is 6.09 Å². The molecule has 0 aliphatic heterocycles. The van der Waals surface area contributed by atoms with Crippen molar-refractivity contribution in [3.63, 3.8) is 0 Å². The molecule has 9 nitrogen and oxygen atoms in total. The monoisotopic (exact) mass is 459 g/mol. The summed E-state index contributed by atoms with van der Waals surface area (Å²) in [6, 6.07) is 22.4. The van der Waals surface area contributed by atoms with E-state index in [1.54, 1.807) is 66.7 Å². The number of carboxylic acid groups (broad SMARTS) is 1. The number of benzene rings is 3. The van der Waals surface area contributed by atoms with Crippen LogP contribution in [0.3, 0.4) is 0 Å². The Labute approximate surface area is 192 Å². The van der Waals surface area contributed by atoms with Crippen LogP contribution < -0.4 is 16.3 Å². The summed E-state index contributed by atoms with van der Waals surface area (Å²) in [5, 5.41) is 13.5. The first-order valence-electron chi connectivity index (χ1n) is 10.0. The SMILES string of the molecule is O=C(O)Nn1nc(-c2cccc(F)c2)c(-c2ccccc2)c1C(=O)NNC(=O)c1ccccc1. The second kappa shape index (κ2) is 9.65. The molecule has 0 aliphatic carbocycles. The van der Waals surface area contributed by atoms with Gasteiger partial charge in [0.15, 0.2) is 5.69 Å². The van der Waals surface area contributed by atoms with Crippen LogP contribution >= 0.6 is 0 Å². The Bertz CT molecular complexity index is 1360. The number of nitrogens with one attached hydrogen (secondary N) is 3. The van der Waals surface area contributed by atoms with Crippen LogP contribution in [-0.4, -0.2) is 32.9 Å². The molecule has 1 aromatic heterocycles. The van der Waals surface area contributed by atoms with Gasteiger partial charge in [0.1, 0.15) is 11.5 Å². The lowest BCUT2D eigenvalue weighted by Gasteiger charge is -2.11. The molecule has 1 heterocycles. The average Bonchev–Trinajstić information content (AvgIpc) is 3.22. The van der Waals surface area contributed by atoms with Crippen LogP contribution in [-0.2, 0) is 0 Å². The summed E-state index contributed by atoms with van der Waals surface area (Å²) in [5.41, 5.74) is 8.00. The molecule has 0 bridgehead atoms. The van der Waals surface area contributed by atoms with Crippen molar-refractivity contribution in [2.75, 3.05) is 5.43 Å². The van der Waals surface area contributed by atoms with Crippen molar-refractivity contribution in [1.82, 2.24) is 20.7 Å². The molecule has 170 valence electrons. The van der Waals surface area contributed by atoms with E-state index in [1.165, 1.54) is 18.2 Å². The molecule has 0 aliphatic rings. The summed E-state index contributed by atoms with van der Waals surface area (Å²) in [7, 11) is 0. The molecule has 10 heteroatoms. The predicted octanol–water partition coefficient (Wildman–Crippen LogP) is 3.65. The van der Waals surface area contributed by atoms with Crippen LogP contribution in [0.2, 0.25) is 0 Å². The fraction of sp³-hybridized carbons (Fsp3) is 0. The van der Waals surface area contributed by atoms with E-state index in [-0.39, 0.29) is 17.0 Å². The van der Waals surface area contributed by atoms with Crippen molar-refractivity contribution in [3.8, 4) is 22.4 Å². The highest BCUT2D eigenvalue weighted by Crippen LogP contribution is 2.34. The largest absolute Gasteiger partial charge is 0.464 e. The van der Waals surface area contributed by atoms with Crippen molar-refractivity contribution in [2.45, 2.75) is 0 Å². The van der Waals surface area contributed by atoms with Gasteiger partial charge in [-0.3, -0.25) is 20.4 Å². The molecule has 3 aromatic carbocycles. The third kappa shape index (κ3) is 4.75. The van der Waals surface area contributed by atoms with Crippen molar-refractivity contribution < 1.29 is 23.9 Å². The molecule has 0 radical (unpaired) electrons. The van der Waals surface area contributed by atoms with E-state index >= 15 is 0 Å². The minimum atomic E-state index is -1.48. The van der Waals surface area contributed by atoms with E-state index in [0.29, 0.717) is 16.7 Å². The van der Waals surface area contributed by atoms with Gasteiger partial charge in [0, 0.05) is 16.7 Å². The smallest absolute Gasteiger partial charge is 0.425 e. The maximum atomic E-state index is 14.0. The van der Waals surface area contributed by atoms with Gasteiger partial charge in [-0.15, -0.1) is 0 Å². The Hall–Kier alpha value is -4.99. The number of rotatable bonds is 5. The molecule has 0 fully saturated rings. The molecule has 4 aromatic rings. The third-order valence-corrected chi connectivity index (χ3v) is 4.79. The van der Waals surface area contributed by atoms with E-state index in [2.05, 4.69) is 16.0 Å². The summed E-state index contributed by atoms with van der Waals surface area (Å²) < 4.78 is 14.0. The maximum Gasteiger partial charge on any atom is 0.425 e. The Morgan fingerprint density at radius 2 is 1.41 bits per heavy atom. The number of amides is 3. The Balaban J connectivity index is 1.80. The average molecular weight is 459 g/mol. The zero-order chi connectivity index (χ0) is 24.1. The first-order chi connectivity index (χ1) is 16.4. The summed E-state index contributed by atoms with van der Waals surface area (Å²) >= 11 is 0. The molecule has 0 spiro atoms. The molecule has 0 saturated heterocycles. The maximum absolute atomic E-state index is 14.0. The predicted molar refractivity (Wildman–Crippen MR) is 122 cm³/mol. The highest BCUT2D eigenvalue weighted by molar-refractivity contribution is 6.05. The standard InChI is InChI=1S/C24H18FN5O4/c25-18-13-7-12-17(14-18)20-19(15-8-3-1-4-9-15)21(30(28-20)29-24(33)34)23(32)27-26-22(31)16-10-5-2-6-11-16/h1-14,29H,(H,26,31)(H,27,32)(H,33,34). The van der Waals surface area contributed by atoms with Gasteiger partial charge in [-0.1, -0.05) is 60.7 Å². The van der Waals surface area contributed by atoms with Crippen LogP contribution in [0.15, 0.2) is 84.9 Å². The van der Waals surface area contributed by atoms with Gasteiger partial charge in [-0.05, 0) is 29.8 Å². The fourth-order valence-corrected chi connectivity index (χ4v) is 3.35. The Morgan fingerprint density at radius 3 is 2.06 bits per heavy atom. The number of nitrogens with zero attached hydrogens (tertiary/aromatic N) is 2. The Kier molecular flexibility index (Phi) is 6.31. The summed E-state index contributed by atoms with van der Waals surface area (Å²) in [6.45, 7) is 0. The molecule has 4 N–H and O–H groups in total. The van der Waals surface area contributed by atoms with Crippen molar-refractivity contribution in [2.24, 2.45) is 0 Å². The second-order valence-electron chi connectivity index (χ2n) is 7.05. The van der Waals surface area contributed by atoms with Crippen molar-refractivity contribution in [3.05, 3.63) is 102 Å². The van der Waals surface area contributed by atoms with E-state index in [0.717, 1.165) is 4.79 Å². The van der Waals surface area contributed by atoms with Gasteiger partial charge in [0.2, 0.25) is 0 Å². The van der Waals surface area contributed by atoms with Crippen LogP contribution in [0.5, 0.6) is 0 Å². The molecule has 3 amide bonds. The number of aromatic nitrogens is 2. The number of halogens is 1. The lowest BCUT2D eigenvalue weighted by Crippen LogP contribution is -2.43. The number of hydrogen-bond donors (Lipinski definition) is 4. The van der Waals surface area contributed by atoms with Gasteiger partial charge in [-0.2, -0.15) is 9.89 Å². The Morgan fingerprint density at radius 1 is 0.794 bits per heavy atom. The zero-order valence-corrected chi connectivity index (χ0v) is 17.5. The summed E-state index contributed by atoms with van der Waals surface area (Å²) in [6.07, 6.45) is -1.48. The van der Waals surface area contributed by atoms with E-state index in [9.17, 15) is 23.9 Å². The van der Waals surface area contributed by atoms with Crippen LogP contribution in [0.4, 0.5) is 9.18 Å². The molecule has 34 heavy (non-hydrogen) atoms. The number of carbonyl (C=O) groups is 3. The molecule has 0 unspecified atom stereocenters. The second-order valence-corrected chi connectivity index (χ2v) is 7.05. The van der Waals surface area contributed by atoms with E-state index in [1.807, 2.05) is 5.43 Å². The molecular weight excluding hydrogens is 441 g/mol. The number of hydrazine groups is 1. The highest BCUT2D eigenvalue weighted by atomic mass is 19.1. The van der Waals surface area contributed by atoms with Gasteiger partial charge < -0.3 is 5.11 Å². The quantitative estimate of drug-likeness (QED) is 0.339. The third-order valence-electron chi connectivity index (χ3n) is 4.79. The van der Waals surface area contributed by atoms with E-state index < -0.39 is 23.7 Å². The molecule has 0 atom stereocenters. The first-order valence-corrected chi connectivity index (χ1v) is 10.0. The van der Waals surface area contributed by atoms with Gasteiger partial charge in [0.25, 0.3) is 11.8 Å². The lowest BCUT2D eigenvalue weighted by atomic mass is 9.98. The highest BCUT2D eigenvalue weighted by Gasteiger charge is 2.27. The van der Waals surface area contributed by atoms with Crippen molar-refractivity contribution >= 4 is 17.9 Å². The molecule has 4 rings (SSSR count). The number of hydrogen-bond acceptors (Lipinski definition) is 4. The lowest BCUT2D eigenvalue weighted by molar-refractivity contribution is 0.0842. The van der Waals surface area contributed by atoms with Gasteiger partial charge in [-0.25, -0.2) is 14.6 Å². The van der Waals surface area contributed by atoms with E-state index in [4.69, 9.17) is 0 Å². The zero-order valence-electron chi connectivity index (χ0n) is 17.5. The number of carbonyl (C=O) groups excluding carboxylic acids is 2. The fourth-order valence-electron chi connectivity index (χ4n) is 3.35. The van der Waals surface area contributed by atoms with Crippen LogP contribution in [0.25, 0.3) is 22.4 Å². The van der Waals surface area contributed by atoms with Gasteiger partial charge in [0.05, 0.1) is 0 Å². The molecule has 0 saturated carbocycles. The first kappa shape index (κ1) is 22.2. The summed E-state index contributed by atoms with van der Waals surface area (Å²) in [5.74, 6) is -1.94. The summed E-state index contributed by atoms with van der Waals surface area (Å²) in [4.78, 5) is 37.7. The molecular formula is C24H18FN5O4. The van der Waals surface area contributed by atoms with Crippen LogP contribution in [0, 0.1) is 5.82 Å². The minimum Gasteiger partial charge on any atom is -0.464 e. The van der Waals surface area contributed by atoms with Crippen LogP contribution in [0.1, 0.15) is 20.8 Å². The minimum absolute atomic E-state index is 0.166.